The van der Waals surface area contributed by atoms with Crippen LogP contribution in [0, 0.1) is 6.92 Å². The quantitative estimate of drug-likeness (QED) is 0.424. The fourth-order valence-electron chi connectivity index (χ4n) is 2.48. The summed E-state index contributed by atoms with van der Waals surface area (Å²) in [5.74, 6) is 0.219. The third kappa shape index (κ3) is 5.43. The monoisotopic (exact) mass is 460 g/mol. The van der Waals surface area contributed by atoms with E-state index in [0.29, 0.717) is 23.0 Å². The Balaban J connectivity index is 1.57. The minimum Gasteiger partial charge on any atom is -0.484 e. The number of hydrogen-bond donors (Lipinski definition) is 1. The van der Waals surface area contributed by atoms with Gasteiger partial charge in [-0.25, -0.2) is 10.1 Å². The van der Waals surface area contributed by atoms with Gasteiger partial charge >= 0.3 is 0 Å². The lowest BCUT2D eigenvalue weighted by Gasteiger charge is -2.05. The maximum Gasteiger partial charge on any atom is 0.277 e. The Kier molecular flexibility index (Phi) is 6.84. The van der Waals surface area contributed by atoms with E-state index in [0.717, 1.165) is 15.7 Å². The molecule has 0 fully saturated rings. The van der Waals surface area contributed by atoms with E-state index in [-0.39, 0.29) is 12.5 Å². The van der Waals surface area contributed by atoms with E-state index in [4.69, 9.17) is 16.3 Å². The molecule has 0 radical (unpaired) electrons. The lowest BCUT2D eigenvalue weighted by atomic mass is 10.2. The Labute approximate surface area is 176 Å². The van der Waals surface area contributed by atoms with Gasteiger partial charge in [-0.2, -0.15) is 10.2 Å². The van der Waals surface area contributed by atoms with E-state index >= 15 is 0 Å². The number of carbonyl (C=O) groups excluding carboxylic acids is 1. The van der Waals surface area contributed by atoms with Crippen LogP contribution in [0.25, 0.3) is 0 Å². The molecular formula is C20H18BrClN4O2. The van der Waals surface area contributed by atoms with Crippen LogP contribution in [0.5, 0.6) is 5.75 Å². The predicted molar refractivity (Wildman–Crippen MR) is 113 cm³/mol. The van der Waals surface area contributed by atoms with Gasteiger partial charge in [-0.1, -0.05) is 63.9 Å². The van der Waals surface area contributed by atoms with E-state index in [1.807, 2.05) is 49.4 Å². The van der Waals surface area contributed by atoms with Crippen molar-refractivity contribution < 1.29 is 9.53 Å². The van der Waals surface area contributed by atoms with Crippen LogP contribution in [0.15, 0.2) is 64.2 Å². The number of amides is 1. The Morgan fingerprint density at radius 1 is 1.29 bits per heavy atom. The molecule has 144 valence electrons. The lowest BCUT2D eigenvalue weighted by Crippen LogP contribution is -2.24. The molecule has 28 heavy (non-hydrogen) atoms. The van der Waals surface area contributed by atoms with E-state index in [1.165, 1.54) is 6.21 Å². The van der Waals surface area contributed by atoms with Gasteiger partial charge in [-0.15, -0.1) is 0 Å². The molecule has 1 aromatic heterocycles. The zero-order valence-corrected chi connectivity index (χ0v) is 17.4. The second kappa shape index (κ2) is 9.52. The predicted octanol–water partition coefficient (Wildman–Crippen LogP) is 4.18. The van der Waals surface area contributed by atoms with Gasteiger partial charge in [-0.05, 0) is 30.7 Å². The van der Waals surface area contributed by atoms with Crippen molar-refractivity contribution in [2.24, 2.45) is 5.10 Å². The normalized spacial score (nSPS) is 11.0. The highest BCUT2D eigenvalue weighted by atomic mass is 79.9. The zero-order valence-electron chi connectivity index (χ0n) is 15.1. The molecule has 0 aliphatic rings. The highest BCUT2D eigenvalue weighted by Gasteiger charge is 2.12. The highest BCUT2D eigenvalue weighted by molar-refractivity contribution is 9.10. The number of hydrogen-bond acceptors (Lipinski definition) is 4. The summed E-state index contributed by atoms with van der Waals surface area (Å²) < 4.78 is 7.99. The molecule has 0 aliphatic heterocycles. The van der Waals surface area contributed by atoms with E-state index < -0.39 is 0 Å². The fourth-order valence-corrected chi connectivity index (χ4v) is 3.14. The third-order valence-corrected chi connectivity index (χ3v) is 4.73. The van der Waals surface area contributed by atoms with E-state index in [9.17, 15) is 4.79 Å². The summed E-state index contributed by atoms with van der Waals surface area (Å²) in [5.41, 5.74) is 4.90. The topological polar surface area (TPSA) is 68.5 Å². The molecule has 0 saturated heterocycles. The largest absolute Gasteiger partial charge is 0.484 e. The molecule has 1 amide bonds. The number of hydrazone groups is 1. The fraction of sp³-hybridized carbons (Fsp3) is 0.150. The molecule has 1 heterocycles. The first-order valence-electron chi connectivity index (χ1n) is 8.50. The van der Waals surface area contributed by atoms with Crippen LogP contribution in [-0.2, 0) is 11.3 Å². The second-order valence-corrected chi connectivity index (χ2v) is 7.25. The number of halogens is 2. The van der Waals surface area contributed by atoms with Crippen LogP contribution in [0.2, 0.25) is 5.15 Å². The van der Waals surface area contributed by atoms with Crippen molar-refractivity contribution in [1.29, 1.82) is 0 Å². The van der Waals surface area contributed by atoms with E-state index in [1.54, 1.807) is 16.8 Å². The van der Waals surface area contributed by atoms with Crippen LogP contribution in [0.3, 0.4) is 0 Å². The molecule has 6 nitrogen and oxygen atoms in total. The Bertz CT molecular complexity index is 989. The minimum absolute atomic E-state index is 0.145. The Morgan fingerprint density at radius 3 is 2.82 bits per heavy atom. The molecule has 0 aliphatic carbocycles. The van der Waals surface area contributed by atoms with Crippen molar-refractivity contribution >= 4 is 39.7 Å². The van der Waals surface area contributed by atoms with Gasteiger partial charge in [0.1, 0.15) is 10.9 Å². The average molecular weight is 462 g/mol. The smallest absolute Gasteiger partial charge is 0.277 e. The highest BCUT2D eigenvalue weighted by Crippen LogP contribution is 2.19. The molecule has 8 heteroatoms. The standard InChI is InChI=1S/C20H18BrClN4O2/c1-14-18(20(22)26(25-14)12-15-6-3-2-4-7-15)11-23-24-19(27)13-28-17-9-5-8-16(21)10-17/h2-11H,12-13H2,1H3,(H,24,27). The van der Waals surface area contributed by atoms with Gasteiger partial charge < -0.3 is 4.74 Å². The minimum atomic E-state index is -0.373. The SMILES string of the molecule is Cc1nn(Cc2ccccc2)c(Cl)c1C=NNC(=O)COc1cccc(Br)c1. The molecule has 0 spiro atoms. The average Bonchev–Trinajstić information content (AvgIpc) is 2.94. The van der Waals surface area contributed by atoms with Crippen molar-refractivity contribution in [3.05, 3.63) is 81.0 Å². The number of aromatic nitrogens is 2. The number of nitrogens with one attached hydrogen (secondary N) is 1. The van der Waals surface area contributed by atoms with Gasteiger partial charge in [0.05, 0.1) is 24.0 Å². The second-order valence-electron chi connectivity index (χ2n) is 5.97. The number of nitrogens with zero attached hydrogens (tertiary/aromatic N) is 3. The Morgan fingerprint density at radius 2 is 2.07 bits per heavy atom. The maximum absolute atomic E-state index is 11.9. The first-order chi connectivity index (χ1) is 13.5. The Hall–Kier alpha value is -2.64. The van der Waals surface area contributed by atoms with Gasteiger partial charge in [-0.3, -0.25) is 4.79 Å². The van der Waals surface area contributed by atoms with Gasteiger partial charge in [0, 0.05) is 4.47 Å². The zero-order chi connectivity index (χ0) is 19.9. The van der Waals surface area contributed by atoms with Gasteiger partial charge in [0.2, 0.25) is 0 Å². The number of carbonyl (C=O) groups is 1. The summed E-state index contributed by atoms with van der Waals surface area (Å²) in [5, 5.41) is 8.86. The first-order valence-corrected chi connectivity index (χ1v) is 9.67. The van der Waals surface area contributed by atoms with Crippen molar-refractivity contribution in [3.8, 4) is 5.75 Å². The van der Waals surface area contributed by atoms with Crippen LogP contribution < -0.4 is 10.2 Å². The molecule has 3 rings (SSSR count). The van der Waals surface area contributed by atoms with Crippen LogP contribution in [0.1, 0.15) is 16.8 Å². The molecule has 0 unspecified atom stereocenters. The molecular weight excluding hydrogens is 444 g/mol. The van der Waals surface area contributed by atoms with Crippen LogP contribution in [0.4, 0.5) is 0 Å². The molecule has 1 N–H and O–H groups in total. The van der Waals surface area contributed by atoms with Gasteiger partial charge in [0.15, 0.2) is 6.61 Å². The summed E-state index contributed by atoms with van der Waals surface area (Å²) >= 11 is 9.77. The van der Waals surface area contributed by atoms with Crippen molar-refractivity contribution in [2.75, 3.05) is 6.61 Å². The third-order valence-electron chi connectivity index (χ3n) is 3.83. The molecule has 2 aromatic carbocycles. The summed E-state index contributed by atoms with van der Waals surface area (Å²) in [6, 6.07) is 17.2. The summed E-state index contributed by atoms with van der Waals surface area (Å²) in [7, 11) is 0. The molecule has 0 atom stereocenters. The molecule has 3 aromatic rings. The summed E-state index contributed by atoms with van der Waals surface area (Å²) in [4.78, 5) is 11.9. The maximum atomic E-state index is 11.9. The van der Waals surface area contributed by atoms with Crippen molar-refractivity contribution in [3.63, 3.8) is 0 Å². The van der Waals surface area contributed by atoms with Crippen molar-refractivity contribution in [1.82, 2.24) is 15.2 Å². The number of ether oxygens (including phenoxy) is 1. The molecule has 0 bridgehead atoms. The first kappa shape index (κ1) is 20.1. The number of benzene rings is 2. The summed E-state index contributed by atoms with van der Waals surface area (Å²) in [6.07, 6.45) is 1.49. The molecule has 0 saturated carbocycles. The number of aryl methyl sites for hydroxylation is 1. The summed E-state index contributed by atoms with van der Waals surface area (Å²) in [6.45, 7) is 2.25. The van der Waals surface area contributed by atoms with Gasteiger partial charge in [0.25, 0.3) is 5.91 Å². The number of rotatable bonds is 7. The van der Waals surface area contributed by atoms with Crippen LogP contribution in [-0.4, -0.2) is 28.5 Å². The lowest BCUT2D eigenvalue weighted by molar-refractivity contribution is -0.123. The van der Waals surface area contributed by atoms with Crippen LogP contribution >= 0.6 is 27.5 Å². The van der Waals surface area contributed by atoms with Crippen molar-refractivity contribution in [2.45, 2.75) is 13.5 Å². The van der Waals surface area contributed by atoms with E-state index in [2.05, 4.69) is 31.6 Å².